The molecule has 0 fully saturated rings. The molecule has 0 unspecified atom stereocenters. The van der Waals surface area contributed by atoms with E-state index in [1.165, 1.54) is 6.07 Å². The molecule has 2 nitrogen and oxygen atoms in total. The number of rotatable bonds is 1. The Kier molecular flexibility index (Phi) is 2.46. The standard InChI is InChI=1S/C11H9F3N2/c1-15-10-5-2-7-6-8(11(12,13)14)3-4-9(7)16-10/h2-6H,1H3,(H,15,16). The van der Waals surface area contributed by atoms with Crippen molar-refractivity contribution in [1.29, 1.82) is 0 Å². The minimum absolute atomic E-state index is 0.480. The Morgan fingerprint density at radius 1 is 1.12 bits per heavy atom. The molecule has 2 rings (SSSR count). The van der Waals surface area contributed by atoms with Crippen molar-refractivity contribution in [3.63, 3.8) is 0 Å². The Hall–Kier alpha value is -1.78. The van der Waals surface area contributed by atoms with E-state index in [9.17, 15) is 13.2 Å². The smallest absolute Gasteiger partial charge is 0.373 e. The monoisotopic (exact) mass is 226 g/mol. The summed E-state index contributed by atoms with van der Waals surface area (Å²) < 4.78 is 37.3. The molecule has 0 atom stereocenters. The lowest BCUT2D eigenvalue weighted by molar-refractivity contribution is -0.137. The fourth-order valence-corrected chi connectivity index (χ4v) is 1.44. The molecule has 1 aromatic heterocycles. The van der Waals surface area contributed by atoms with Crippen LogP contribution >= 0.6 is 0 Å². The molecule has 16 heavy (non-hydrogen) atoms. The first-order valence-corrected chi connectivity index (χ1v) is 4.66. The van der Waals surface area contributed by atoms with E-state index in [4.69, 9.17) is 0 Å². The zero-order chi connectivity index (χ0) is 11.8. The van der Waals surface area contributed by atoms with Crippen molar-refractivity contribution >= 4 is 16.7 Å². The van der Waals surface area contributed by atoms with Crippen LogP contribution in [0.1, 0.15) is 5.56 Å². The zero-order valence-electron chi connectivity index (χ0n) is 8.47. The maximum atomic E-state index is 12.4. The Morgan fingerprint density at radius 3 is 2.50 bits per heavy atom. The highest BCUT2D eigenvalue weighted by Gasteiger charge is 2.30. The first kappa shape index (κ1) is 10.7. The normalized spacial score (nSPS) is 11.8. The molecule has 1 heterocycles. The van der Waals surface area contributed by atoms with Gasteiger partial charge < -0.3 is 5.32 Å². The van der Waals surface area contributed by atoms with Gasteiger partial charge in [-0.25, -0.2) is 4.98 Å². The third-order valence-electron chi connectivity index (χ3n) is 2.27. The predicted octanol–water partition coefficient (Wildman–Crippen LogP) is 3.30. The molecule has 1 aromatic carbocycles. The average molecular weight is 226 g/mol. The van der Waals surface area contributed by atoms with E-state index in [0.717, 1.165) is 12.1 Å². The van der Waals surface area contributed by atoms with Gasteiger partial charge in [0.05, 0.1) is 11.1 Å². The lowest BCUT2D eigenvalue weighted by Gasteiger charge is -2.08. The van der Waals surface area contributed by atoms with Crippen LogP contribution in [0.5, 0.6) is 0 Å². The highest BCUT2D eigenvalue weighted by molar-refractivity contribution is 5.81. The van der Waals surface area contributed by atoms with Gasteiger partial charge in [-0.05, 0) is 30.3 Å². The molecule has 0 aliphatic rings. The zero-order valence-corrected chi connectivity index (χ0v) is 8.47. The fraction of sp³-hybridized carbons (Fsp3) is 0.182. The number of hydrogen-bond donors (Lipinski definition) is 1. The Labute approximate surface area is 90.1 Å². The molecular formula is C11H9F3N2. The van der Waals surface area contributed by atoms with Gasteiger partial charge in [-0.15, -0.1) is 0 Å². The molecule has 0 radical (unpaired) electrons. The maximum Gasteiger partial charge on any atom is 0.416 e. The van der Waals surface area contributed by atoms with Gasteiger partial charge in [0.2, 0.25) is 0 Å². The molecule has 0 amide bonds. The van der Waals surface area contributed by atoms with Crippen LogP contribution in [0.25, 0.3) is 10.9 Å². The molecule has 0 aliphatic carbocycles. The van der Waals surface area contributed by atoms with E-state index in [-0.39, 0.29) is 0 Å². The SMILES string of the molecule is CNc1ccc2cc(C(F)(F)F)ccc2n1. The molecule has 2 aromatic rings. The highest BCUT2D eigenvalue weighted by atomic mass is 19.4. The Morgan fingerprint density at radius 2 is 1.88 bits per heavy atom. The van der Waals surface area contributed by atoms with Crippen LogP contribution in [0.15, 0.2) is 30.3 Å². The average Bonchev–Trinajstić information content (AvgIpc) is 2.26. The number of nitrogens with zero attached hydrogens (tertiary/aromatic N) is 1. The molecular weight excluding hydrogens is 217 g/mol. The van der Waals surface area contributed by atoms with E-state index in [0.29, 0.717) is 16.7 Å². The summed E-state index contributed by atoms with van der Waals surface area (Å²) >= 11 is 0. The summed E-state index contributed by atoms with van der Waals surface area (Å²) in [6, 6.07) is 6.77. The number of pyridine rings is 1. The summed E-state index contributed by atoms with van der Waals surface area (Å²) in [4.78, 5) is 4.14. The van der Waals surface area contributed by atoms with Gasteiger partial charge in [0.1, 0.15) is 5.82 Å². The van der Waals surface area contributed by atoms with E-state index in [2.05, 4.69) is 10.3 Å². The largest absolute Gasteiger partial charge is 0.416 e. The van der Waals surface area contributed by atoms with Gasteiger partial charge in [0.15, 0.2) is 0 Å². The van der Waals surface area contributed by atoms with Gasteiger partial charge in [-0.3, -0.25) is 0 Å². The third-order valence-corrected chi connectivity index (χ3v) is 2.27. The quantitative estimate of drug-likeness (QED) is 0.807. The lowest BCUT2D eigenvalue weighted by atomic mass is 10.1. The minimum atomic E-state index is -4.31. The Balaban J connectivity index is 2.56. The molecule has 84 valence electrons. The topological polar surface area (TPSA) is 24.9 Å². The fourth-order valence-electron chi connectivity index (χ4n) is 1.44. The number of fused-ring (bicyclic) bond motifs is 1. The number of halogens is 3. The molecule has 0 spiro atoms. The molecule has 5 heteroatoms. The maximum absolute atomic E-state index is 12.4. The second kappa shape index (κ2) is 3.66. The van der Waals surface area contributed by atoms with Crippen molar-refractivity contribution in [3.8, 4) is 0 Å². The van der Waals surface area contributed by atoms with Crippen LogP contribution < -0.4 is 5.32 Å². The summed E-state index contributed by atoms with van der Waals surface area (Å²) in [5.74, 6) is 0.632. The van der Waals surface area contributed by atoms with Crippen LogP contribution in [0, 0.1) is 0 Å². The number of alkyl halides is 3. The molecule has 0 bridgehead atoms. The summed E-state index contributed by atoms with van der Waals surface area (Å²) in [6.07, 6.45) is -4.31. The predicted molar refractivity (Wildman–Crippen MR) is 56.3 cm³/mol. The number of anilines is 1. The van der Waals surface area contributed by atoms with Crippen LogP contribution in [0.2, 0.25) is 0 Å². The van der Waals surface area contributed by atoms with Gasteiger partial charge in [0, 0.05) is 12.4 Å². The van der Waals surface area contributed by atoms with E-state index < -0.39 is 11.7 Å². The van der Waals surface area contributed by atoms with Crippen molar-refractivity contribution in [2.45, 2.75) is 6.18 Å². The number of hydrogen-bond acceptors (Lipinski definition) is 2. The second-order valence-electron chi connectivity index (χ2n) is 3.35. The molecule has 0 saturated carbocycles. The van der Waals surface area contributed by atoms with Crippen LogP contribution in [-0.2, 0) is 6.18 Å². The third kappa shape index (κ3) is 1.93. The van der Waals surface area contributed by atoms with Crippen molar-refractivity contribution < 1.29 is 13.2 Å². The second-order valence-corrected chi connectivity index (χ2v) is 3.35. The summed E-state index contributed by atoms with van der Waals surface area (Å²) in [6.45, 7) is 0. The number of benzene rings is 1. The van der Waals surface area contributed by atoms with Crippen molar-refractivity contribution in [1.82, 2.24) is 4.98 Å². The lowest BCUT2D eigenvalue weighted by Crippen LogP contribution is -2.04. The van der Waals surface area contributed by atoms with Gasteiger partial charge in [0.25, 0.3) is 0 Å². The first-order chi connectivity index (χ1) is 7.50. The highest BCUT2D eigenvalue weighted by Crippen LogP contribution is 2.31. The molecule has 0 aliphatic heterocycles. The van der Waals surface area contributed by atoms with Gasteiger partial charge in [-0.2, -0.15) is 13.2 Å². The van der Waals surface area contributed by atoms with Crippen molar-refractivity contribution in [2.75, 3.05) is 12.4 Å². The number of nitrogens with one attached hydrogen (secondary N) is 1. The molecule has 0 saturated heterocycles. The summed E-state index contributed by atoms with van der Waals surface area (Å²) in [5.41, 5.74) is -0.112. The van der Waals surface area contributed by atoms with Crippen molar-refractivity contribution in [3.05, 3.63) is 35.9 Å². The van der Waals surface area contributed by atoms with Crippen molar-refractivity contribution in [2.24, 2.45) is 0 Å². The van der Waals surface area contributed by atoms with E-state index in [1.807, 2.05) is 0 Å². The Bertz CT molecular complexity index is 520. The molecule has 1 N–H and O–H groups in total. The van der Waals surface area contributed by atoms with Gasteiger partial charge in [-0.1, -0.05) is 0 Å². The minimum Gasteiger partial charge on any atom is -0.373 e. The number of aromatic nitrogens is 1. The summed E-state index contributed by atoms with van der Waals surface area (Å²) in [7, 11) is 1.71. The van der Waals surface area contributed by atoms with Crippen LogP contribution in [-0.4, -0.2) is 12.0 Å². The summed E-state index contributed by atoms with van der Waals surface area (Å²) in [5, 5.41) is 3.31. The van der Waals surface area contributed by atoms with Gasteiger partial charge >= 0.3 is 6.18 Å². The van der Waals surface area contributed by atoms with Crippen LogP contribution in [0.3, 0.4) is 0 Å². The van der Waals surface area contributed by atoms with Crippen LogP contribution in [0.4, 0.5) is 19.0 Å². The van der Waals surface area contributed by atoms with E-state index >= 15 is 0 Å². The first-order valence-electron chi connectivity index (χ1n) is 4.66. The van der Waals surface area contributed by atoms with E-state index in [1.54, 1.807) is 19.2 Å².